The molecule has 0 aromatic heterocycles. The van der Waals surface area contributed by atoms with Gasteiger partial charge >= 0.3 is 0 Å². The van der Waals surface area contributed by atoms with Gasteiger partial charge in [-0.3, -0.25) is 14.5 Å². The maximum atomic E-state index is 13.9. The quantitative estimate of drug-likeness (QED) is 0.888. The van der Waals surface area contributed by atoms with E-state index < -0.39 is 0 Å². The Balaban J connectivity index is 1.92. The van der Waals surface area contributed by atoms with Crippen LogP contribution in [0.1, 0.15) is 29.8 Å². The van der Waals surface area contributed by atoms with Gasteiger partial charge in [0.15, 0.2) is 0 Å². The number of halogens is 1. The Morgan fingerprint density at radius 3 is 2.84 bits per heavy atom. The van der Waals surface area contributed by atoms with Crippen molar-refractivity contribution >= 4 is 35.0 Å². The van der Waals surface area contributed by atoms with Crippen LogP contribution in [0.25, 0.3) is 0 Å². The standard InChI is InChI=1S/C19H19FN2O2S/c1-3-17(23)21-14-6-4-5-13(9-14)19-22(18(24)11-25-19)15-8-7-12(2)16(20)10-15/h4-10,19H,3,11H2,1-2H3,(H,21,23). The molecule has 0 bridgehead atoms. The average Bonchev–Trinajstić information content (AvgIpc) is 2.99. The second kappa shape index (κ2) is 7.27. The Hall–Kier alpha value is -2.34. The van der Waals surface area contributed by atoms with Crippen LogP contribution in [-0.2, 0) is 9.59 Å². The van der Waals surface area contributed by atoms with Crippen LogP contribution in [-0.4, -0.2) is 17.6 Å². The fraction of sp³-hybridized carbons (Fsp3) is 0.263. The number of amides is 2. The first-order valence-electron chi connectivity index (χ1n) is 8.09. The smallest absolute Gasteiger partial charge is 0.238 e. The van der Waals surface area contributed by atoms with E-state index >= 15 is 0 Å². The van der Waals surface area contributed by atoms with E-state index in [1.165, 1.54) is 17.8 Å². The van der Waals surface area contributed by atoms with Crippen LogP contribution in [0.15, 0.2) is 42.5 Å². The zero-order valence-electron chi connectivity index (χ0n) is 14.1. The van der Waals surface area contributed by atoms with Gasteiger partial charge in [0.2, 0.25) is 11.8 Å². The summed E-state index contributed by atoms with van der Waals surface area (Å²) in [6.07, 6.45) is 0.398. The molecular weight excluding hydrogens is 339 g/mol. The van der Waals surface area contributed by atoms with Gasteiger partial charge in [0.1, 0.15) is 11.2 Å². The minimum atomic E-state index is -0.329. The number of benzene rings is 2. The molecule has 1 heterocycles. The first-order chi connectivity index (χ1) is 12.0. The van der Waals surface area contributed by atoms with Crippen LogP contribution >= 0.6 is 11.8 Å². The van der Waals surface area contributed by atoms with Crippen LogP contribution in [0.3, 0.4) is 0 Å². The molecule has 1 fully saturated rings. The van der Waals surface area contributed by atoms with E-state index in [4.69, 9.17) is 0 Å². The minimum absolute atomic E-state index is 0.0544. The van der Waals surface area contributed by atoms with E-state index in [0.29, 0.717) is 29.1 Å². The van der Waals surface area contributed by atoms with Crippen molar-refractivity contribution in [1.82, 2.24) is 0 Å². The van der Waals surface area contributed by atoms with E-state index in [2.05, 4.69) is 5.32 Å². The summed E-state index contributed by atoms with van der Waals surface area (Å²) in [5.41, 5.74) is 2.68. The lowest BCUT2D eigenvalue weighted by Crippen LogP contribution is -2.28. The zero-order chi connectivity index (χ0) is 18.0. The molecule has 25 heavy (non-hydrogen) atoms. The first kappa shape index (κ1) is 17.5. The van der Waals surface area contributed by atoms with Crippen LogP contribution in [0.2, 0.25) is 0 Å². The SMILES string of the molecule is CCC(=O)Nc1cccc(C2SCC(=O)N2c2ccc(C)c(F)c2)c1. The predicted molar refractivity (Wildman–Crippen MR) is 99.2 cm³/mol. The summed E-state index contributed by atoms with van der Waals surface area (Å²) in [6, 6.07) is 12.3. The number of nitrogens with zero attached hydrogens (tertiary/aromatic N) is 1. The van der Waals surface area contributed by atoms with Crippen LogP contribution in [0.4, 0.5) is 15.8 Å². The molecule has 1 aliphatic rings. The molecule has 6 heteroatoms. The number of hydrogen-bond acceptors (Lipinski definition) is 3. The average molecular weight is 358 g/mol. The van der Waals surface area contributed by atoms with Crippen LogP contribution < -0.4 is 10.2 Å². The van der Waals surface area contributed by atoms with Gasteiger partial charge in [-0.05, 0) is 42.3 Å². The number of thioether (sulfide) groups is 1. The lowest BCUT2D eigenvalue weighted by molar-refractivity contribution is -0.116. The zero-order valence-corrected chi connectivity index (χ0v) is 14.9. The summed E-state index contributed by atoms with van der Waals surface area (Å²) in [6.45, 7) is 3.48. The van der Waals surface area contributed by atoms with Crippen molar-refractivity contribution in [2.24, 2.45) is 0 Å². The third-order valence-electron chi connectivity index (χ3n) is 4.08. The van der Waals surface area contributed by atoms with Crippen molar-refractivity contribution in [3.8, 4) is 0 Å². The largest absolute Gasteiger partial charge is 0.326 e. The highest BCUT2D eigenvalue weighted by atomic mass is 32.2. The number of rotatable bonds is 4. The number of hydrogen-bond donors (Lipinski definition) is 1. The summed E-state index contributed by atoms with van der Waals surface area (Å²) < 4.78 is 13.9. The molecule has 0 spiro atoms. The number of aryl methyl sites for hydroxylation is 1. The molecule has 2 aromatic rings. The third-order valence-corrected chi connectivity index (χ3v) is 5.29. The minimum Gasteiger partial charge on any atom is -0.326 e. The molecule has 2 aromatic carbocycles. The van der Waals surface area contributed by atoms with Crippen molar-refractivity contribution in [2.75, 3.05) is 16.0 Å². The summed E-state index contributed by atoms with van der Waals surface area (Å²) in [5, 5.41) is 2.58. The van der Waals surface area contributed by atoms with Crippen molar-refractivity contribution in [3.63, 3.8) is 0 Å². The molecule has 0 radical (unpaired) electrons. The molecule has 1 aliphatic heterocycles. The number of carbonyl (C=O) groups is 2. The molecule has 130 valence electrons. The second-order valence-electron chi connectivity index (χ2n) is 5.89. The van der Waals surface area contributed by atoms with E-state index in [1.807, 2.05) is 24.3 Å². The van der Waals surface area contributed by atoms with E-state index in [1.54, 1.807) is 30.9 Å². The molecule has 1 N–H and O–H groups in total. The van der Waals surface area contributed by atoms with Crippen LogP contribution in [0.5, 0.6) is 0 Å². The van der Waals surface area contributed by atoms with E-state index in [-0.39, 0.29) is 23.0 Å². The molecule has 0 saturated carbocycles. The topological polar surface area (TPSA) is 49.4 Å². The van der Waals surface area contributed by atoms with Gasteiger partial charge in [-0.15, -0.1) is 11.8 Å². The van der Waals surface area contributed by atoms with E-state index in [9.17, 15) is 14.0 Å². The second-order valence-corrected chi connectivity index (χ2v) is 6.96. The predicted octanol–water partition coefficient (Wildman–Crippen LogP) is 4.26. The molecular formula is C19H19FN2O2S. The summed E-state index contributed by atoms with van der Waals surface area (Å²) in [7, 11) is 0. The maximum absolute atomic E-state index is 13.9. The normalized spacial score (nSPS) is 17.0. The molecule has 1 unspecified atom stereocenters. The number of nitrogens with one attached hydrogen (secondary N) is 1. The molecule has 1 atom stereocenters. The van der Waals surface area contributed by atoms with Gasteiger partial charge in [0.05, 0.1) is 5.75 Å². The maximum Gasteiger partial charge on any atom is 0.238 e. The van der Waals surface area contributed by atoms with Gasteiger partial charge in [-0.2, -0.15) is 0 Å². The molecule has 0 aliphatic carbocycles. The first-order valence-corrected chi connectivity index (χ1v) is 9.14. The molecule has 1 saturated heterocycles. The lowest BCUT2D eigenvalue weighted by atomic mass is 10.1. The van der Waals surface area contributed by atoms with Gasteiger partial charge in [-0.25, -0.2) is 4.39 Å². The van der Waals surface area contributed by atoms with E-state index in [0.717, 1.165) is 5.56 Å². The summed E-state index contributed by atoms with van der Waals surface area (Å²) in [5.74, 6) is -0.109. The Morgan fingerprint density at radius 2 is 2.12 bits per heavy atom. The highest BCUT2D eigenvalue weighted by molar-refractivity contribution is 8.00. The van der Waals surface area contributed by atoms with Crippen LogP contribution in [0, 0.1) is 12.7 Å². The number of carbonyl (C=O) groups excluding carboxylic acids is 2. The van der Waals surface area contributed by atoms with Gasteiger partial charge in [0, 0.05) is 17.8 Å². The van der Waals surface area contributed by atoms with Gasteiger partial charge in [0.25, 0.3) is 0 Å². The Labute approximate surface area is 150 Å². The summed E-state index contributed by atoms with van der Waals surface area (Å²) >= 11 is 1.49. The number of anilines is 2. The monoisotopic (exact) mass is 358 g/mol. The Kier molecular flexibility index (Phi) is 5.08. The van der Waals surface area contributed by atoms with Gasteiger partial charge in [-0.1, -0.05) is 25.1 Å². The highest BCUT2D eigenvalue weighted by Gasteiger charge is 2.34. The Morgan fingerprint density at radius 1 is 1.32 bits per heavy atom. The highest BCUT2D eigenvalue weighted by Crippen LogP contribution is 2.42. The fourth-order valence-corrected chi connectivity index (χ4v) is 3.87. The Bertz CT molecular complexity index is 825. The van der Waals surface area contributed by atoms with Crippen molar-refractivity contribution in [2.45, 2.75) is 25.6 Å². The molecule has 3 rings (SSSR count). The summed E-state index contributed by atoms with van der Waals surface area (Å²) in [4.78, 5) is 25.6. The van der Waals surface area contributed by atoms with Gasteiger partial charge < -0.3 is 5.32 Å². The molecule has 2 amide bonds. The fourth-order valence-electron chi connectivity index (χ4n) is 2.70. The van der Waals surface area contributed by atoms with Crippen molar-refractivity contribution in [3.05, 3.63) is 59.4 Å². The third kappa shape index (κ3) is 3.69. The van der Waals surface area contributed by atoms with Crippen molar-refractivity contribution in [1.29, 1.82) is 0 Å². The molecule has 4 nitrogen and oxygen atoms in total. The lowest BCUT2D eigenvalue weighted by Gasteiger charge is -2.25. The van der Waals surface area contributed by atoms with Crippen molar-refractivity contribution < 1.29 is 14.0 Å².